The van der Waals surface area contributed by atoms with Crippen molar-refractivity contribution >= 4 is 23.2 Å². The van der Waals surface area contributed by atoms with Gasteiger partial charge in [-0.2, -0.15) is 0 Å². The van der Waals surface area contributed by atoms with Gasteiger partial charge < -0.3 is 15.4 Å². The standard InChI is InChI=1S/C17H18ClFN4O2/c1-25-15-7-4-11(18)9-13(15)20-17-21-16(24)14(22-23-17)8-10-2-5-12(19)6-3-10/h2-7,9,14,17,20,22-23H,8H2,1H3,(H,21,24). The van der Waals surface area contributed by atoms with Crippen LogP contribution in [0.2, 0.25) is 5.02 Å². The van der Waals surface area contributed by atoms with Gasteiger partial charge in [-0.15, -0.1) is 0 Å². The van der Waals surface area contributed by atoms with E-state index in [9.17, 15) is 9.18 Å². The minimum absolute atomic E-state index is 0.179. The first-order valence-electron chi connectivity index (χ1n) is 7.71. The van der Waals surface area contributed by atoms with Crippen LogP contribution in [-0.2, 0) is 11.2 Å². The maximum absolute atomic E-state index is 13.0. The van der Waals surface area contributed by atoms with Crippen molar-refractivity contribution in [3.8, 4) is 5.75 Å². The molecule has 25 heavy (non-hydrogen) atoms. The molecule has 132 valence electrons. The highest BCUT2D eigenvalue weighted by atomic mass is 35.5. The van der Waals surface area contributed by atoms with E-state index in [1.807, 2.05) is 0 Å². The van der Waals surface area contributed by atoms with E-state index in [2.05, 4.69) is 21.5 Å². The first-order valence-corrected chi connectivity index (χ1v) is 8.09. The Hall–Kier alpha value is -2.35. The number of methoxy groups -OCH3 is 1. The second-order valence-electron chi connectivity index (χ2n) is 5.60. The van der Waals surface area contributed by atoms with Crippen LogP contribution in [-0.4, -0.2) is 25.3 Å². The molecule has 2 aromatic rings. The van der Waals surface area contributed by atoms with Crippen LogP contribution in [0.5, 0.6) is 5.75 Å². The van der Waals surface area contributed by atoms with E-state index in [4.69, 9.17) is 16.3 Å². The molecule has 1 fully saturated rings. The Morgan fingerprint density at radius 3 is 2.64 bits per heavy atom. The summed E-state index contributed by atoms with van der Waals surface area (Å²) in [6.07, 6.45) is -0.101. The minimum Gasteiger partial charge on any atom is -0.495 e. The lowest BCUT2D eigenvalue weighted by Crippen LogP contribution is -2.68. The number of hydrazine groups is 1. The molecule has 2 aromatic carbocycles. The zero-order valence-electron chi connectivity index (χ0n) is 13.5. The van der Waals surface area contributed by atoms with Crippen molar-refractivity contribution in [3.63, 3.8) is 0 Å². The molecular formula is C17H18ClFN4O2. The molecule has 2 atom stereocenters. The number of anilines is 1. The second-order valence-corrected chi connectivity index (χ2v) is 6.04. The molecule has 1 saturated heterocycles. The van der Waals surface area contributed by atoms with Crippen molar-refractivity contribution in [1.82, 2.24) is 16.2 Å². The molecular weight excluding hydrogens is 347 g/mol. The number of hydrogen-bond acceptors (Lipinski definition) is 5. The van der Waals surface area contributed by atoms with Gasteiger partial charge in [-0.05, 0) is 42.3 Å². The number of hydrogen-bond donors (Lipinski definition) is 4. The van der Waals surface area contributed by atoms with Gasteiger partial charge >= 0.3 is 0 Å². The van der Waals surface area contributed by atoms with Crippen molar-refractivity contribution < 1.29 is 13.9 Å². The first-order chi connectivity index (χ1) is 12.0. The third kappa shape index (κ3) is 4.39. The van der Waals surface area contributed by atoms with Crippen LogP contribution in [0.25, 0.3) is 0 Å². The van der Waals surface area contributed by atoms with Crippen LogP contribution in [0.1, 0.15) is 5.56 Å². The highest BCUT2D eigenvalue weighted by molar-refractivity contribution is 6.30. The highest BCUT2D eigenvalue weighted by Gasteiger charge is 2.27. The monoisotopic (exact) mass is 364 g/mol. The van der Waals surface area contributed by atoms with Gasteiger partial charge in [0.1, 0.15) is 17.6 Å². The number of amides is 1. The van der Waals surface area contributed by atoms with Gasteiger partial charge in [0, 0.05) is 5.02 Å². The average molecular weight is 365 g/mol. The number of carbonyl (C=O) groups is 1. The predicted molar refractivity (Wildman–Crippen MR) is 93.7 cm³/mol. The molecule has 0 saturated carbocycles. The van der Waals surface area contributed by atoms with E-state index >= 15 is 0 Å². The summed E-state index contributed by atoms with van der Waals surface area (Å²) in [4.78, 5) is 12.3. The molecule has 3 rings (SSSR count). The summed E-state index contributed by atoms with van der Waals surface area (Å²) in [5.41, 5.74) is 7.45. The van der Waals surface area contributed by atoms with Crippen molar-refractivity contribution in [2.45, 2.75) is 18.8 Å². The largest absolute Gasteiger partial charge is 0.495 e. The van der Waals surface area contributed by atoms with Gasteiger partial charge in [-0.25, -0.2) is 15.2 Å². The number of halogens is 2. The molecule has 6 nitrogen and oxygen atoms in total. The van der Waals surface area contributed by atoms with Crippen molar-refractivity contribution in [3.05, 3.63) is 58.9 Å². The number of carbonyl (C=O) groups excluding carboxylic acids is 1. The van der Waals surface area contributed by atoms with Gasteiger partial charge in [0.25, 0.3) is 0 Å². The fraction of sp³-hybridized carbons (Fsp3) is 0.235. The van der Waals surface area contributed by atoms with Crippen LogP contribution in [0.4, 0.5) is 10.1 Å². The maximum Gasteiger partial charge on any atom is 0.241 e. The third-order valence-electron chi connectivity index (χ3n) is 3.82. The Balaban J connectivity index is 1.61. The van der Waals surface area contributed by atoms with Crippen molar-refractivity contribution in [2.75, 3.05) is 12.4 Å². The fourth-order valence-electron chi connectivity index (χ4n) is 2.55. The molecule has 1 aliphatic heterocycles. The smallest absolute Gasteiger partial charge is 0.241 e. The van der Waals surface area contributed by atoms with Gasteiger partial charge in [0.05, 0.1) is 12.8 Å². The number of rotatable bonds is 5. The normalized spacial score (nSPS) is 20.0. The third-order valence-corrected chi connectivity index (χ3v) is 4.05. The van der Waals surface area contributed by atoms with Gasteiger partial charge in [-0.3, -0.25) is 4.79 Å². The molecule has 8 heteroatoms. The Morgan fingerprint density at radius 2 is 1.96 bits per heavy atom. The van der Waals surface area contributed by atoms with E-state index in [1.54, 1.807) is 37.4 Å². The summed E-state index contributed by atoms with van der Waals surface area (Å²) in [6, 6.07) is 10.8. The quantitative estimate of drug-likeness (QED) is 0.653. The molecule has 0 aliphatic carbocycles. The molecule has 0 spiro atoms. The van der Waals surface area contributed by atoms with E-state index in [-0.39, 0.29) is 11.7 Å². The second kappa shape index (κ2) is 7.69. The summed E-state index contributed by atoms with van der Waals surface area (Å²) in [6.45, 7) is 0. The van der Waals surface area contributed by atoms with Crippen molar-refractivity contribution in [2.24, 2.45) is 0 Å². The van der Waals surface area contributed by atoms with Crippen LogP contribution in [0.3, 0.4) is 0 Å². The molecule has 1 heterocycles. The van der Waals surface area contributed by atoms with Gasteiger partial charge in [0.15, 0.2) is 6.29 Å². The van der Waals surface area contributed by atoms with E-state index in [1.165, 1.54) is 12.1 Å². The van der Waals surface area contributed by atoms with E-state index in [0.29, 0.717) is 22.9 Å². The fourth-order valence-corrected chi connectivity index (χ4v) is 2.72. The number of ether oxygens (including phenoxy) is 1. The molecule has 0 bridgehead atoms. The maximum atomic E-state index is 13.0. The molecule has 2 unspecified atom stereocenters. The molecule has 0 radical (unpaired) electrons. The molecule has 1 amide bonds. The van der Waals surface area contributed by atoms with Crippen LogP contribution >= 0.6 is 11.6 Å². The van der Waals surface area contributed by atoms with Gasteiger partial charge in [-0.1, -0.05) is 23.7 Å². The predicted octanol–water partition coefficient (Wildman–Crippen LogP) is 2.02. The summed E-state index contributed by atoms with van der Waals surface area (Å²) >= 11 is 6.00. The summed E-state index contributed by atoms with van der Waals surface area (Å²) < 4.78 is 18.2. The highest BCUT2D eigenvalue weighted by Crippen LogP contribution is 2.27. The van der Waals surface area contributed by atoms with Crippen LogP contribution in [0.15, 0.2) is 42.5 Å². The zero-order chi connectivity index (χ0) is 17.8. The Kier molecular flexibility index (Phi) is 5.37. The van der Waals surface area contributed by atoms with Crippen LogP contribution < -0.4 is 26.2 Å². The minimum atomic E-state index is -0.538. The van der Waals surface area contributed by atoms with E-state index < -0.39 is 12.3 Å². The van der Waals surface area contributed by atoms with Crippen molar-refractivity contribution in [1.29, 1.82) is 0 Å². The number of benzene rings is 2. The summed E-state index contributed by atoms with van der Waals surface area (Å²) in [5.74, 6) is 0.123. The Morgan fingerprint density at radius 1 is 1.20 bits per heavy atom. The first kappa shape index (κ1) is 17.5. The molecule has 1 aliphatic rings. The Labute approximate surface area is 149 Å². The van der Waals surface area contributed by atoms with E-state index in [0.717, 1.165) is 5.56 Å². The molecule has 0 aromatic heterocycles. The lowest BCUT2D eigenvalue weighted by Gasteiger charge is -2.32. The number of nitrogens with one attached hydrogen (secondary N) is 4. The van der Waals surface area contributed by atoms with Crippen LogP contribution in [0, 0.1) is 5.82 Å². The Bertz CT molecular complexity index is 757. The summed E-state index contributed by atoms with van der Waals surface area (Å²) in [7, 11) is 1.55. The lowest BCUT2D eigenvalue weighted by atomic mass is 10.1. The topological polar surface area (TPSA) is 74.4 Å². The van der Waals surface area contributed by atoms with Gasteiger partial charge in [0.2, 0.25) is 5.91 Å². The average Bonchev–Trinajstić information content (AvgIpc) is 2.59. The lowest BCUT2D eigenvalue weighted by molar-refractivity contribution is -0.126. The molecule has 4 N–H and O–H groups in total. The zero-order valence-corrected chi connectivity index (χ0v) is 14.2. The summed E-state index contributed by atoms with van der Waals surface area (Å²) in [5, 5.41) is 6.47. The SMILES string of the molecule is COc1ccc(Cl)cc1NC1NNC(Cc2ccc(F)cc2)C(=O)N1.